The minimum absolute atomic E-state index is 0.215. The highest BCUT2D eigenvalue weighted by Gasteiger charge is 2.17. The fraction of sp³-hybridized carbons (Fsp3) is 0.154. The van der Waals surface area contributed by atoms with E-state index in [1.807, 2.05) is 25.1 Å². The Kier molecular flexibility index (Phi) is 5.52. The second kappa shape index (κ2) is 8.68. The van der Waals surface area contributed by atoms with Crippen molar-refractivity contribution in [3.05, 3.63) is 87.6 Å². The third-order valence-corrected chi connectivity index (χ3v) is 6.09. The number of aryl methyl sites for hydroxylation is 1. The van der Waals surface area contributed by atoms with Crippen LogP contribution in [0.15, 0.2) is 59.4 Å². The van der Waals surface area contributed by atoms with E-state index in [1.54, 1.807) is 37.3 Å². The normalized spacial score (nSPS) is 11.3. The van der Waals surface area contributed by atoms with Crippen LogP contribution in [0.2, 0.25) is 0 Å². The molecule has 0 atom stereocenters. The number of aromatic amines is 2. The van der Waals surface area contributed by atoms with E-state index >= 15 is 0 Å². The number of carbonyl (C=O) groups is 1. The number of fused-ring (bicyclic) bond motifs is 2. The first-order chi connectivity index (χ1) is 16.9. The SMILES string of the molecule is CCN(C(=O)O)c1nc2ccc(-c3cc(Cc4n[nH]c(=O)c5c(C)cccc45)ccc3F)cc2[nH]1. The van der Waals surface area contributed by atoms with Crippen LogP contribution in [0.3, 0.4) is 0 Å². The summed E-state index contributed by atoms with van der Waals surface area (Å²) in [7, 11) is 0. The summed E-state index contributed by atoms with van der Waals surface area (Å²) >= 11 is 0. The first-order valence-electron chi connectivity index (χ1n) is 11.1. The number of nitrogens with one attached hydrogen (secondary N) is 2. The Labute approximate surface area is 199 Å². The van der Waals surface area contributed by atoms with Crippen LogP contribution in [0, 0.1) is 12.7 Å². The van der Waals surface area contributed by atoms with Crippen molar-refractivity contribution in [3.63, 3.8) is 0 Å². The van der Waals surface area contributed by atoms with Gasteiger partial charge in [-0.05, 0) is 54.8 Å². The molecule has 3 aromatic carbocycles. The molecule has 0 bridgehead atoms. The van der Waals surface area contributed by atoms with Crippen molar-refractivity contribution in [2.45, 2.75) is 20.3 Å². The third kappa shape index (κ3) is 4.01. The topological polar surface area (TPSA) is 115 Å². The molecule has 0 fully saturated rings. The summed E-state index contributed by atoms with van der Waals surface area (Å²) in [4.78, 5) is 32.2. The summed E-state index contributed by atoms with van der Waals surface area (Å²) in [5.74, 6) is -0.170. The van der Waals surface area contributed by atoms with Crippen LogP contribution in [0.1, 0.15) is 23.7 Å². The van der Waals surface area contributed by atoms with Crippen molar-refractivity contribution in [1.29, 1.82) is 0 Å². The maximum absolute atomic E-state index is 14.9. The van der Waals surface area contributed by atoms with Crippen LogP contribution >= 0.6 is 0 Å². The van der Waals surface area contributed by atoms with Gasteiger partial charge in [-0.1, -0.05) is 30.3 Å². The van der Waals surface area contributed by atoms with E-state index in [0.29, 0.717) is 39.7 Å². The summed E-state index contributed by atoms with van der Waals surface area (Å²) in [6, 6.07) is 15.7. The molecule has 9 heteroatoms. The summed E-state index contributed by atoms with van der Waals surface area (Å²) < 4.78 is 14.9. The summed E-state index contributed by atoms with van der Waals surface area (Å²) in [5.41, 5.74) is 4.36. The van der Waals surface area contributed by atoms with Crippen LogP contribution in [-0.2, 0) is 6.42 Å². The molecule has 1 amide bonds. The van der Waals surface area contributed by atoms with Gasteiger partial charge in [0, 0.05) is 23.9 Å². The molecule has 0 unspecified atom stereocenters. The van der Waals surface area contributed by atoms with E-state index < -0.39 is 6.09 Å². The number of amides is 1. The molecule has 0 aliphatic heterocycles. The molecule has 5 aromatic rings. The van der Waals surface area contributed by atoms with E-state index in [0.717, 1.165) is 21.4 Å². The first-order valence-corrected chi connectivity index (χ1v) is 11.1. The number of nitrogens with zero attached hydrogens (tertiary/aromatic N) is 3. The van der Waals surface area contributed by atoms with Gasteiger partial charge in [-0.3, -0.25) is 4.79 Å². The Morgan fingerprint density at radius 1 is 1.14 bits per heavy atom. The van der Waals surface area contributed by atoms with Crippen molar-refractivity contribution in [3.8, 4) is 11.1 Å². The van der Waals surface area contributed by atoms with Gasteiger partial charge in [-0.15, -0.1) is 0 Å². The molecule has 2 aromatic heterocycles. The Morgan fingerprint density at radius 2 is 1.97 bits per heavy atom. The number of hydrogen-bond acceptors (Lipinski definition) is 4. The molecule has 0 saturated carbocycles. The summed E-state index contributed by atoms with van der Waals surface area (Å²) in [5, 5.41) is 17.6. The van der Waals surface area contributed by atoms with E-state index in [2.05, 4.69) is 20.2 Å². The zero-order chi connectivity index (χ0) is 24.7. The minimum atomic E-state index is -1.11. The Morgan fingerprint density at radius 3 is 2.74 bits per heavy atom. The van der Waals surface area contributed by atoms with Gasteiger partial charge in [0.15, 0.2) is 0 Å². The zero-order valence-corrected chi connectivity index (χ0v) is 19.1. The molecular weight excluding hydrogens is 449 g/mol. The highest BCUT2D eigenvalue weighted by Crippen LogP contribution is 2.29. The van der Waals surface area contributed by atoms with Crippen LogP contribution in [0.4, 0.5) is 15.1 Å². The average molecular weight is 471 g/mol. The fourth-order valence-electron chi connectivity index (χ4n) is 4.34. The van der Waals surface area contributed by atoms with Gasteiger partial charge in [-0.2, -0.15) is 5.10 Å². The van der Waals surface area contributed by atoms with Crippen molar-refractivity contribution in [1.82, 2.24) is 20.2 Å². The molecule has 0 aliphatic rings. The summed E-state index contributed by atoms with van der Waals surface area (Å²) in [6.07, 6.45) is -0.700. The second-order valence-corrected chi connectivity index (χ2v) is 8.31. The van der Waals surface area contributed by atoms with Gasteiger partial charge in [0.1, 0.15) is 5.82 Å². The number of rotatable bonds is 5. The summed E-state index contributed by atoms with van der Waals surface area (Å²) in [6.45, 7) is 3.84. The van der Waals surface area contributed by atoms with Crippen molar-refractivity contribution in [2.24, 2.45) is 0 Å². The average Bonchev–Trinajstić information content (AvgIpc) is 3.25. The lowest BCUT2D eigenvalue weighted by molar-refractivity contribution is 0.202. The van der Waals surface area contributed by atoms with Gasteiger partial charge in [-0.25, -0.2) is 24.2 Å². The third-order valence-electron chi connectivity index (χ3n) is 6.09. The van der Waals surface area contributed by atoms with E-state index in [4.69, 9.17) is 0 Å². The number of aromatic nitrogens is 4. The van der Waals surface area contributed by atoms with Gasteiger partial charge in [0.25, 0.3) is 5.56 Å². The number of imidazole rings is 1. The van der Waals surface area contributed by atoms with Crippen LogP contribution in [-0.4, -0.2) is 37.9 Å². The molecule has 0 spiro atoms. The smallest absolute Gasteiger partial charge is 0.414 e. The number of hydrogen-bond donors (Lipinski definition) is 3. The number of anilines is 1. The van der Waals surface area contributed by atoms with Gasteiger partial charge >= 0.3 is 6.09 Å². The lowest BCUT2D eigenvalue weighted by Gasteiger charge is -2.12. The van der Waals surface area contributed by atoms with E-state index in [-0.39, 0.29) is 23.9 Å². The van der Waals surface area contributed by atoms with E-state index in [1.165, 1.54) is 6.07 Å². The number of halogens is 1. The van der Waals surface area contributed by atoms with Crippen molar-refractivity contribution >= 4 is 33.8 Å². The predicted octanol–water partition coefficient (Wildman–Crippen LogP) is 5.01. The first kappa shape index (κ1) is 22.3. The van der Waals surface area contributed by atoms with Crippen molar-refractivity contribution in [2.75, 3.05) is 11.4 Å². The standard InChI is InChI=1S/C26H22FN5O3/c1-3-32(26(34)35)25-28-20-10-8-16(13-22(20)29-25)18-11-15(7-9-19(18)27)12-21-17-6-4-5-14(2)23(17)24(33)31-30-21/h4-11,13H,3,12H2,1-2H3,(H,28,29)(H,31,33)(H,34,35). The number of benzene rings is 3. The fourth-order valence-corrected chi connectivity index (χ4v) is 4.34. The molecule has 0 saturated heterocycles. The monoisotopic (exact) mass is 471 g/mol. The van der Waals surface area contributed by atoms with E-state index in [9.17, 15) is 19.1 Å². The highest BCUT2D eigenvalue weighted by atomic mass is 19.1. The van der Waals surface area contributed by atoms with Crippen LogP contribution in [0.5, 0.6) is 0 Å². The molecule has 0 radical (unpaired) electrons. The maximum atomic E-state index is 14.9. The molecule has 0 aliphatic carbocycles. The second-order valence-electron chi connectivity index (χ2n) is 8.31. The van der Waals surface area contributed by atoms with Gasteiger partial charge in [0.2, 0.25) is 5.95 Å². The Bertz CT molecular complexity index is 1660. The number of H-pyrrole nitrogens is 2. The van der Waals surface area contributed by atoms with Crippen LogP contribution < -0.4 is 10.5 Å². The number of carboxylic acid groups (broad SMARTS) is 1. The zero-order valence-electron chi connectivity index (χ0n) is 19.1. The van der Waals surface area contributed by atoms with Gasteiger partial charge in [0.05, 0.1) is 22.1 Å². The van der Waals surface area contributed by atoms with Gasteiger partial charge < -0.3 is 10.1 Å². The maximum Gasteiger partial charge on any atom is 0.414 e. The molecular formula is C26H22FN5O3. The molecule has 5 rings (SSSR count). The molecule has 3 N–H and O–H groups in total. The van der Waals surface area contributed by atoms with Crippen LogP contribution in [0.25, 0.3) is 32.9 Å². The predicted molar refractivity (Wildman–Crippen MR) is 132 cm³/mol. The molecule has 2 heterocycles. The molecule has 8 nitrogen and oxygen atoms in total. The molecule has 176 valence electrons. The largest absolute Gasteiger partial charge is 0.465 e. The highest BCUT2D eigenvalue weighted by molar-refractivity contribution is 5.89. The minimum Gasteiger partial charge on any atom is -0.465 e. The lowest BCUT2D eigenvalue weighted by atomic mass is 9.98. The Balaban J connectivity index is 1.53. The lowest BCUT2D eigenvalue weighted by Crippen LogP contribution is -2.29. The molecule has 35 heavy (non-hydrogen) atoms. The van der Waals surface area contributed by atoms with Crippen molar-refractivity contribution < 1.29 is 14.3 Å². The Hall–Kier alpha value is -4.53. The quantitative estimate of drug-likeness (QED) is 0.333.